The molecule has 0 saturated carbocycles. The molecule has 0 radical (unpaired) electrons. The second-order valence-electron chi connectivity index (χ2n) is 4.16. The number of thiophene rings is 1. The summed E-state index contributed by atoms with van der Waals surface area (Å²) in [5, 5.41) is 5.14. The van der Waals surface area contributed by atoms with E-state index in [0.29, 0.717) is 11.0 Å². The number of carbonyl (C=O) groups is 1. The van der Waals surface area contributed by atoms with Crippen LogP contribution in [0.3, 0.4) is 0 Å². The first-order chi connectivity index (χ1) is 8.58. The molecular formula is C11H15ClN4OS2. The Hall–Kier alpha value is -1.02. The molecule has 8 heteroatoms. The highest BCUT2D eigenvalue weighted by Gasteiger charge is 2.19. The fourth-order valence-corrected chi connectivity index (χ4v) is 2.57. The van der Waals surface area contributed by atoms with Crippen LogP contribution in [0.1, 0.15) is 13.8 Å². The van der Waals surface area contributed by atoms with Gasteiger partial charge in [0.25, 0.3) is 0 Å². The number of aromatic nitrogens is 2. The van der Waals surface area contributed by atoms with Gasteiger partial charge < -0.3 is 5.73 Å². The topological polar surface area (TPSA) is 80.9 Å². The fourth-order valence-electron chi connectivity index (χ4n) is 1.27. The first-order valence-electron chi connectivity index (χ1n) is 5.52. The Bertz CT molecular complexity index is 527. The Morgan fingerprint density at radius 2 is 2.21 bits per heavy atom. The quantitative estimate of drug-likeness (QED) is 0.908. The average Bonchev–Trinajstić information content (AvgIpc) is 2.96. The van der Waals surface area contributed by atoms with Crippen molar-refractivity contribution in [3.8, 4) is 10.7 Å². The molecule has 1 atom stereocenters. The molecule has 2 heterocycles. The molecule has 0 spiro atoms. The largest absolute Gasteiger partial charge is 0.320 e. The lowest BCUT2D eigenvalue weighted by Crippen LogP contribution is -2.39. The summed E-state index contributed by atoms with van der Waals surface area (Å²) in [6.07, 6.45) is 0. The van der Waals surface area contributed by atoms with Gasteiger partial charge in [0.2, 0.25) is 11.0 Å². The predicted octanol–water partition coefficient (Wildman–Crippen LogP) is 2.61. The zero-order valence-corrected chi connectivity index (χ0v) is 12.9. The van der Waals surface area contributed by atoms with Crippen LogP contribution in [-0.2, 0) is 4.79 Å². The van der Waals surface area contributed by atoms with Crippen LogP contribution in [0.15, 0.2) is 17.5 Å². The number of carbonyl (C=O) groups excluding carboxylic acids is 1. The van der Waals surface area contributed by atoms with E-state index in [0.717, 1.165) is 16.4 Å². The lowest BCUT2D eigenvalue weighted by molar-refractivity contribution is -0.118. The number of hydrogen-bond donors (Lipinski definition) is 2. The summed E-state index contributed by atoms with van der Waals surface area (Å²) < 4.78 is 4.20. The Kier molecular flexibility index (Phi) is 5.86. The van der Waals surface area contributed by atoms with Crippen molar-refractivity contribution in [2.24, 2.45) is 11.7 Å². The van der Waals surface area contributed by atoms with Crippen molar-refractivity contribution in [2.75, 3.05) is 5.32 Å². The number of halogens is 1. The lowest BCUT2D eigenvalue weighted by Gasteiger charge is -2.13. The van der Waals surface area contributed by atoms with Gasteiger partial charge in [-0.1, -0.05) is 19.9 Å². The van der Waals surface area contributed by atoms with Gasteiger partial charge in [-0.05, 0) is 17.4 Å². The highest BCUT2D eigenvalue weighted by Crippen LogP contribution is 2.25. The molecule has 0 unspecified atom stereocenters. The number of anilines is 1. The third-order valence-corrected chi connectivity index (χ3v) is 3.92. The van der Waals surface area contributed by atoms with Crippen molar-refractivity contribution in [3.05, 3.63) is 17.5 Å². The third-order valence-electron chi connectivity index (χ3n) is 2.42. The molecule has 2 aromatic heterocycles. The number of rotatable bonds is 4. The SMILES string of the molecule is CC(C)[C@H](N)C(=O)Nc1nc(-c2cccs2)ns1.Cl. The summed E-state index contributed by atoms with van der Waals surface area (Å²) in [7, 11) is 0. The predicted molar refractivity (Wildman–Crippen MR) is 81.9 cm³/mol. The molecule has 0 aliphatic rings. The zero-order valence-electron chi connectivity index (χ0n) is 10.5. The molecule has 5 nitrogen and oxygen atoms in total. The van der Waals surface area contributed by atoms with Gasteiger partial charge in [-0.2, -0.15) is 9.36 Å². The number of nitrogens with zero attached hydrogens (tertiary/aromatic N) is 2. The number of hydrogen-bond acceptors (Lipinski definition) is 6. The van der Waals surface area contributed by atoms with Gasteiger partial charge in [0.1, 0.15) is 0 Å². The summed E-state index contributed by atoms with van der Waals surface area (Å²) in [4.78, 5) is 17.0. The molecule has 104 valence electrons. The second-order valence-corrected chi connectivity index (χ2v) is 5.86. The molecular weight excluding hydrogens is 304 g/mol. The van der Waals surface area contributed by atoms with Crippen LogP contribution < -0.4 is 11.1 Å². The zero-order chi connectivity index (χ0) is 13.1. The molecule has 2 rings (SSSR count). The minimum Gasteiger partial charge on any atom is -0.320 e. The highest BCUT2D eigenvalue weighted by molar-refractivity contribution is 7.14. The van der Waals surface area contributed by atoms with Crippen molar-refractivity contribution in [1.82, 2.24) is 9.36 Å². The molecule has 2 aromatic rings. The summed E-state index contributed by atoms with van der Waals surface area (Å²) in [6, 6.07) is 3.35. The molecule has 0 aromatic carbocycles. The molecule has 0 bridgehead atoms. The minimum absolute atomic E-state index is 0. The Morgan fingerprint density at radius 3 is 2.79 bits per heavy atom. The van der Waals surface area contributed by atoms with Gasteiger partial charge in [0.15, 0.2) is 5.82 Å². The normalized spacial score (nSPS) is 12.0. The van der Waals surface area contributed by atoms with Gasteiger partial charge in [0, 0.05) is 11.5 Å². The van der Waals surface area contributed by atoms with Gasteiger partial charge in [-0.15, -0.1) is 23.7 Å². The maximum absolute atomic E-state index is 11.8. The van der Waals surface area contributed by atoms with E-state index in [1.807, 2.05) is 31.4 Å². The van der Waals surface area contributed by atoms with Crippen molar-refractivity contribution < 1.29 is 4.79 Å². The third kappa shape index (κ3) is 3.97. The number of nitrogens with two attached hydrogens (primary N) is 1. The van der Waals surface area contributed by atoms with Crippen molar-refractivity contribution >= 4 is 46.3 Å². The first-order valence-corrected chi connectivity index (χ1v) is 7.17. The smallest absolute Gasteiger partial charge is 0.243 e. The van der Waals surface area contributed by atoms with E-state index in [9.17, 15) is 4.79 Å². The molecule has 0 aliphatic carbocycles. The number of nitrogens with one attached hydrogen (secondary N) is 1. The molecule has 3 N–H and O–H groups in total. The van der Waals surface area contributed by atoms with E-state index in [2.05, 4.69) is 14.7 Å². The first kappa shape index (κ1) is 16.0. The number of amides is 1. The van der Waals surface area contributed by atoms with Crippen LogP contribution in [0.2, 0.25) is 0 Å². The lowest BCUT2D eigenvalue weighted by atomic mass is 10.1. The van der Waals surface area contributed by atoms with Crippen molar-refractivity contribution in [1.29, 1.82) is 0 Å². The van der Waals surface area contributed by atoms with Crippen LogP contribution >= 0.6 is 35.3 Å². The second kappa shape index (κ2) is 6.95. The standard InChI is InChI=1S/C11H14N4OS2.ClH/c1-6(2)8(12)10(16)14-11-13-9(15-18-11)7-4-3-5-17-7;/h3-6,8H,12H2,1-2H3,(H,13,14,15,16);1H/t8-;/m0./s1. The van der Waals surface area contributed by atoms with Gasteiger partial charge in [-0.25, -0.2) is 0 Å². The van der Waals surface area contributed by atoms with E-state index in [1.165, 1.54) is 0 Å². The van der Waals surface area contributed by atoms with Crippen molar-refractivity contribution in [3.63, 3.8) is 0 Å². The summed E-state index contributed by atoms with van der Waals surface area (Å²) in [5.74, 6) is 0.511. The van der Waals surface area contributed by atoms with Crippen molar-refractivity contribution in [2.45, 2.75) is 19.9 Å². The minimum atomic E-state index is -0.529. The van der Waals surface area contributed by atoms with Gasteiger partial charge in [0.05, 0.1) is 10.9 Å². The average molecular weight is 319 g/mol. The van der Waals surface area contributed by atoms with E-state index in [1.54, 1.807) is 11.3 Å². The van der Waals surface area contributed by atoms with E-state index < -0.39 is 6.04 Å². The van der Waals surface area contributed by atoms with Gasteiger partial charge in [-0.3, -0.25) is 10.1 Å². The maximum Gasteiger partial charge on any atom is 0.243 e. The van der Waals surface area contributed by atoms with E-state index in [4.69, 9.17) is 5.73 Å². The summed E-state index contributed by atoms with van der Waals surface area (Å²) in [5.41, 5.74) is 5.76. The van der Waals surface area contributed by atoms with Crippen LogP contribution in [0, 0.1) is 5.92 Å². The molecule has 19 heavy (non-hydrogen) atoms. The Labute approximate surface area is 125 Å². The van der Waals surface area contributed by atoms with Crippen LogP contribution in [-0.4, -0.2) is 21.3 Å². The molecule has 0 saturated heterocycles. The van der Waals surface area contributed by atoms with E-state index in [-0.39, 0.29) is 24.2 Å². The van der Waals surface area contributed by atoms with Gasteiger partial charge >= 0.3 is 0 Å². The van der Waals surface area contributed by atoms with Crippen LogP contribution in [0.5, 0.6) is 0 Å². The Morgan fingerprint density at radius 1 is 1.47 bits per heavy atom. The summed E-state index contributed by atoms with van der Waals surface area (Å²) in [6.45, 7) is 3.81. The summed E-state index contributed by atoms with van der Waals surface area (Å²) >= 11 is 2.73. The molecule has 0 aliphatic heterocycles. The molecule has 0 fully saturated rings. The van der Waals surface area contributed by atoms with Crippen LogP contribution in [0.25, 0.3) is 10.7 Å². The van der Waals surface area contributed by atoms with E-state index >= 15 is 0 Å². The maximum atomic E-state index is 11.8. The monoisotopic (exact) mass is 318 g/mol. The fraction of sp³-hybridized carbons (Fsp3) is 0.364. The Balaban J connectivity index is 0.00000180. The molecule has 1 amide bonds. The highest BCUT2D eigenvalue weighted by atomic mass is 35.5. The van der Waals surface area contributed by atoms with Crippen LogP contribution in [0.4, 0.5) is 5.13 Å².